The molecule has 0 spiro atoms. The monoisotopic (exact) mass is 347 g/mol. The van der Waals surface area contributed by atoms with Crippen molar-refractivity contribution in [3.05, 3.63) is 81.7 Å². The molecule has 0 N–H and O–H groups in total. The first kappa shape index (κ1) is 16.6. The molecule has 4 heteroatoms. The fourth-order valence-corrected chi connectivity index (χ4v) is 3.71. The van der Waals surface area contributed by atoms with Crippen molar-refractivity contribution >= 4 is 16.9 Å². The Morgan fingerprint density at radius 1 is 0.962 bits per heavy atom. The molecule has 1 atom stereocenters. The predicted octanol–water partition coefficient (Wildman–Crippen LogP) is 4.53. The van der Waals surface area contributed by atoms with Crippen LogP contribution in [0.5, 0.6) is 0 Å². The molecule has 1 aliphatic rings. The van der Waals surface area contributed by atoms with Gasteiger partial charge >= 0.3 is 0 Å². The molecule has 26 heavy (non-hydrogen) atoms. The summed E-state index contributed by atoms with van der Waals surface area (Å²) in [6.45, 7) is 2.75. The zero-order valence-corrected chi connectivity index (χ0v) is 14.8. The normalized spacial score (nSPS) is 16.3. The molecule has 1 aromatic heterocycles. The first-order chi connectivity index (χ1) is 12.7. The highest BCUT2D eigenvalue weighted by atomic mass is 16.3. The van der Waals surface area contributed by atoms with Gasteiger partial charge < -0.3 is 9.32 Å². The Labute approximate surface area is 152 Å². The highest BCUT2D eigenvalue weighted by Gasteiger charge is 2.42. The van der Waals surface area contributed by atoms with Crippen molar-refractivity contribution < 1.29 is 9.21 Å². The maximum Gasteiger partial charge on any atom is 0.290 e. The van der Waals surface area contributed by atoms with Crippen molar-refractivity contribution in [3.63, 3.8) is 0 Å². The van der Waals surface area contributed by atoms with Crippen LogP contribution in [0, 0.1) is 0 Å². The smallest absolute Gasteiger partial charge is 0.290 e. The van der Waals surface area contributed by atoms with Gasteiger partial charge in [-0.25, -0.2) is 0 Å². The Bertz CT molecular complexity index is 1010. The predicted molar refractivity (Wildman–Crippen MR) is 101 cm³/mol. The van der Waals surface area contributed by atoms with E-state index in [1.54, 1.807) is 17.0 Å². The van der Waals surface area contributed by atoms with Gasteiger partial charge in [-0.1, -0.05) is 62.2 Å². The average Bonchev–Trinajstić information content (AvgIpc) is 2.96. The molecular weight excluding hydrogens is 326 g/mol. The zero-order valence-electron chi connectivity index (χ0n) is 14.8. The highest BCUT2D eigenvalue weighted by molar-refractivity contribution is 5.99. The van der Waals surface area contributed by atoms with Crippen molar-refractivity contribution in [3.8, 4) is 0 Å². The molecule has 4 nitrogen and oxygen atoms in total. The van der Waals surface area contributed by atoms with Crippen LogP contribution in [0.15, 0.2) is 63.8 Å². The maximum absolute atomic E-state index is 13.2. The first-order valence-electron chi connectivity index (χ1n) is 9.14. The summed E-state index contributed by atoms with van der Waals surface area (Å²) in [5.74, 6) is 0.00635. The molecule has 0 aliphatic carbocycles. The number of hydrogen-bond acceptors (Lipinski definition) is 3. The van der Waals surface area contributed by atoms with E-state index in [1.807, 2.05) is 42.5 Å². The summed E-state index contributed by atoms with van der Waals surface area (Å²) in [7, 11) is 0. The number of para-hydroxylation sites is 1. The van der Waals surface area contributed by atoms with Crippen LogP contribution in [0.25, 0.3) is 11.0 Å². The number of hydrogen-bond donors (Lipinski definition) is 0. The van der Waals surface area contributed by atoms with Crippen LogP contribution in [-0.4, -0.2) is 17.4 Å². The third-order valence-corrected chi connectivity index (χ3v) is 4.99. The summed E-state index contributed by atoms with van der Waals surface area (Å²) in [5, 5.41) is 0.524. The molecule has 2 aromatic carbocycles. The molecule has 2 heterocycles. The van der Waals surface area contributed by atoms with Gasteiger partial charge in [0.15, 0.2) is 5.43 Å². The van der Waals surface area contributed by atoms with Crippen LogP contribution in [-0.2, 0) is 0 Å². The van der Waals surface area contributed by atoms with Crippen LogP contribution < -0.4 is 5.43 Å². The molecule has 4 rings (SSSR count). The fourth-order valence-electron chi connectivity index (χ4n) is 3.71. The lowest BCUT2D eigenvalue weighted by Gasteiger charge is -2.25. The minimum Gasteiger partial charge on any atom is -0.450 e. The second-order valence-electron chi connectivity index (χ2n) is 6.69. The second-order valence-corrected chi connectivity index (χ2v) is 6.69. The molecule has 3 aromatic rings. The number of rotatable bonds is 5. The summed E-state index contributed by atoms with van der Waals surface area (Å²) in [6.07, 6.45) is 3.03. The van der Waals surface area contributed by atoms with E-state index in [1.165, 1.54) is 0 Å². The molecule has 132 valence electrons. The average molecular weight is 347 g/mol. The van der Waals surface area contributed by atoms with E-state index in [0.29, 0.717) is 23.1 Å². The molecule has 0 saturated heterocycles. The topological polar surface area (TPSA) is 50.5 Å². The largest absolute Gasteiger partial charge is 0.450 e. The van der Waals surface area contributed by atoms with Gasteiger partial charge in [0.2, 0.25) is 5.76 Å². The molecular formula is C22H21NO3. The summed E-state index contributed by atoms with van der Waals surface area (Å²) < 4.78 is 5.89. The lowest BCUT2D eigenvalue weighted by Crippen LogP contribution is -2.30. The van der Waals surface area contributed by atoms with Gasteiger partial charge in [-0.3, -0.25) is 9.59 Å². The third kappa shape index (κ3) is 2.62. The number of unbranched alkanes of at least 4 members (excludes halogenated alkanes) is 2. The van der Waals surface area contributed by atoms with E-state index in [4.69, 9.17) is 4.42 Å². The molecule has 0 saturated carbocycles. The summed E-state index contributed by atoms with van der Waals surface area (Å²) in [5.41, 5.74) is 1.77. The minimum atomic E-state index is -0.378. The van der Waals surface area contributed by atoms with E-state index in [0.717, 1.165) is 24.8 Å². The number of amides is 1. The lowest BCUT2D eigenvalue weighted by atomic mass is 9.98. The molecule has 0 fully saturated rings. The second kappa shape index (κ2) is 6.79. The highest BCUT2D eigenvalue weighted by Crippen LogP contribution is 2.38. The third-order valence-electron chi connectivity index (χ3n) is 4.99. The van der Waals surface area contributed by atoms with E-state index < -0.39 is 0 Å². The number of fused-ring (bicyclic) bond motifs is 2. The van der Waals surface area contributed by atoms with Gasteiger partial charge in [0, 0.05) is 6.54 Å². The quantitative estimate of drug-likeness (QED) is 0.637. The summed E-state index contributed by atoms with van der Waals surface area (Å²) in [6, 6.07) is 16.5. The Balaban J connectivity index is 1.90. The van der Waals surface area contributed by atoms with Gasteiger partial charge in [-0.2, -0.15) is 0 Å². The minimum absolute atomic E-state index is 0.109. The molecule has 1 aliphatic heterocycles. The summed E-state index contributed by atoms with van der Waals surface area (Å²) in [4.78, 5) is 28.0. The number of benzene rings is 2. The van der Waals surface area contributed by atoms with Crippen molar-refractivity contribution in [1.82, 2.24) is 4.90 Å². The van der Waals surface area contributed by atoms with E-state index >= 15 is 0 Å². The zero-order chi connectivity index (χ0) is 18.1. The van der Waals surface area contributed by atoms with Crippen LogP contribution in [0.4, 0.5) is 0 Å². The Kier molecular flexibility index (Phi) is 4.33. The number of nitrogens with zero attached hydrogens (tertiary/aromatic N) is 1. The maximum atomic E-state index is 13.2. The molecule has 1 amide bonds. The van der Waals surface area contributed by atoms with Gasteiger partial charge in [0.25, 0.3) is 5.91 Å². The van der Waals surface area contributed by atoms with Gasteiger partial charge in [0.1, 0.15) is 5.58 Å². The van der Waals surface area contributed by atoms with Crippen LogP contribution >= 0.6 is 0 Å². The lowest BCUT2D eigenvalue weighted by molar-refractivity contribution is 0.0725. The van der Waals surface area contributed by atoms with E-state index in [-0.39, 0.29) is 23.1 Å². The fraction of sp³-hybridized carbons (Fsp3) is 0.273. The SMILES string of the molecule is CCCCCN1C(=O)c2oc3ccccc3c(=O)c2C1c1ccccc1. The standard InChI is InChI=1S/C22H21NO3/c1-2-3-9-14-23-19(15-10-5-4-6-11-15)18-20(24)16-12-7-8-13-17(16)26-21(18)22(23)25/h4-8,10-13,19H,2-3,9,14H2,1H3. The van der Waals surface area contributed by atoms with E-state index in [2.05, 4.69) is 6.92 Å². The Morgan fingerprint density at radius 2 is 1.69 bits per heavy atom. The van der Waals surface area contributed by atoms with Gasteiger partial charge in [0.05, 0.1) is 17.0 Å². The first-order valence-corrected chi connectivity index (χ1v) is 9.14. The van der Waals surface area contributed by atoms with Crippen molar-refractivity contribution in [1.29, 1.82) is 0 Å². The molecule has 1 unspecified atom stereocenters. The Hall–Kier alpha value is -2.88. The van der Waals surface area contributed by atoms with Crippen LogP contribution in [0.1, 0.15) is 53.9 Å². The van der Waals surface area contributed by atoms with Crippen molar-refractivity contribution in [2.75, 3.05) is 6.54 Å². The van der Waals surface area contributed by atoms with Crippen LogP contribution in [0.2, 0.25) is 0 Å². The molecule has 0 radical (unpaired) electrons. The van der Waals surface area contributed by atoms with Gasteiger partial charge in [-0.05, 0) is 24.1 Å². The number of carbonyl (C=O) groups is 1. The molecule has 0 bridgehead atoms. The summed E-state index contributed by atoms with van der Waals surface area (Å²) >= 11 is 0. The van der Waals surface area contributed by atoms with Gasteiger partial charge in [-0.15, -0.1) is 0 Å². The van der Waals surface area contributed by atoms with Crippen LogP contribution in [0.3, 0.4) is 0 Å². The van der Waals surface area contributed by atoms with E-state index in [9.17, 15) is 9.59 Å². The van der Waals surface area contributed by atoms with Crippen molar-refractivity contribution in [2.24, 2.45) is 0 Å². The number of carbonyl (C=O) groups excluding carboxylic acids is 1. The van der Waals surface area contributed by atoms with Crippen molar-refractivity contribution in [2.45, 2.75) is 32.2 Å². The Morgan fingerprint density at radius 3 is 2.46 bits per heavy atom.